The Morgan fingerprint density at radius 3 is 2.39 bits per heavy atom. The standard InChI is InChI=1S/C20H23N7O4/c1-12-2-6-14(7-3-12)23-20-25-17(24-19(21)26-20)10-22-16(11-28)18(29)13-4-8-15(9-5-13)27(30)31/h2-9,16,18,22,28-29H,10-11H2,1H3,(H3,21,23,24,25,26)/t16-,18+/m0/s1. The summed E-state index contributed by atoms with van der Waals surface area (Å²) < 4.78 is 0. The van der Waals surface area contributed by atoms with E-state index < -0.39 is 17.1 Å². The lowest BCUT2D eigenvalue weighted by molar-refractivity contribution is -0.384. The second kappa shape index (κ2) is 9.89. The van der Waals surface area contributed by atoms with Gasteiger partial charge in [-0.3, -0.25) is 10.1 Å². The van der Waals surface area contributed by atoms with Crippen molar-refractivity contribution in [1.82, 2.24) is 20.3 Å². The Balaban J connectivity index is 1.67. The lowest BCUT2D eigenvalue weighted by Crippen LogP contribution is -2.38. The van der Waals surface area contributed by atoms with Gasteiger partial charge in [0.1, 0.15) is 5.82 Å². The molecule has 0 unspecified atom stereocenters. The molecule has 0 amide bonds. The van der Waals surface area contributed by atoms with Crippen LogP contribution in [0.1, 0.15) is 23.1 Å². The number of aliphatic hydroxyl groups excluding tert-OH is 2. The Morgan fingerprint density at radius 1 is 1.10 bits per heavy atom. The summed E-state index contributed by atoms with van der Waals surface area (Å²) in [6.07, 6.45) is -1.10. The lowest BCUT2D eigenvalue weighted by Gasteiger charge is -2.22. The topological polar surface area (TPSA) is 172 Å². The summed E-state index contributed by atoms with van der Waals surface area (Å²) in [6, 6.07) is 12.4. The molecule has 0 bridgehead atoms. The average molecular weight is 425 g/mol. The van der Waals surface area contributed by atoms with Gasteiger partial charge in [0, 0.05) is 17.8 Å². The second-order valence-corrected chi connectivity index (χ2v) is 6.89. The smallest absolute Gasteiger partial charge is 0.269 e. The van der Waals surface area contributed by atoms with Crippen LogP contribution in [0.15, 0.2) is 48.5 Å². The van der Waals surface area contributed by atoms with Crippen LogP contribution in [0.5, 0.6) is 0 Å². The zero-order valence-corrected chi connectivity index (χ0v) is 16.8. The van der Waals surface area contributed by atoms with Gasteiger partial charge < -0.3 is 26.6 Å². The summed E-state index contributed by atoms with van der Waals surface area (Å²) in [6.45, 7) is 1.70. The SMILES string of the molecule is Cc1ccc(Nc2nc(N)nc(CN[C@@H](CO)[C@H](O)c3ccc([N+](=O)[O-])cc3)n2)cc1. The highest BCUT2D eigenvalue weighted by molar-refractivity contribution is 5.54. The molecule has 0 fully saturated rings. The molecule has 1 aromatic heterocycles. The first-order valence-corrected chi connectivity index (χ1v) is 9.46. The molecule has 11 heteroatoms. The molecule has 0 spiro atoms. The highest BCUT2D eigenvalue weighted by Crippen LogP contribution is 2.21. The molecule has 0 aliphatic rings. The van der Waals surface area contributed by atoms with Crippen LogP contribution in [0.4, 0.5) is 23.3 Å². The molecule has 0 aliphatic carbocycles. The van der Waals surface area contributed by atoms with Gasteiger partial charge in [0.15, 0.2) is 0 Å². The number of nitro benzene ring substituents is 1. The molecule has 0 aliphatic heterocycles. The number of nitro groups is 1. The maximum atomic E-state index is 10.8. The molecule has 11 nitrogen and oxygen atoms in total. The maximum Gasteiger partial charge on any atom is 0.269 e. The molecule has 2 aromatic carbocycles. The van der Waals surface area contributed by atoms with Gasteiger partial charge in [-0.05, 0) is 36.8 Å². The predicted molar refractivity (Wildman–Crippen MR) is 114 cm³/mol. The molecule has 3 rings (SSSR count). The number of aromatic nitrogens is 3. The van der Waals surface area contributed by atoms with E-state index in [4.69, 9.17) is 5.73 Å². The minimum Gasteiger partial charge on any atom is -0.395 e. The van der Waals surface area contributed by atoms with Crippen molar-refractivity contribution in [1.29, 1.82) is 0 Å². The number of benzene rings is 2. The number of aryl methyl sites for hydroxylation is 1. The number of nitrogens with two attached hydrogens (primary N) is 1. The summed E-state index contributed by atoms with van der Waals surface area (Å²) in [5.74, 6) is 0.610. The van der Waals surface area contributed by atoms with E-state index in [2.05, 4.69) is 25.6 Å². The van der Waals surface area contributed by atoms with Crippen molar-refractivity contribution in [3.63, 3.8) is 0 Å². The summed E-state index contributed by atoms with van der Waals surface area (Å²) in [5, 5.41) is 37.0. The van der Waals surface area contributed by atoms with Crippen LogP contribution >= 0.6 is 0 Å². The van der Waals surface area contributed by atoms with Gasteiger partial charge in [0.05, 0.1) is 30.2 Å². The molecule has 0 saturated heterocycles. The van der Waals surface area contributed by atoms with Gasteiger partial charge in [-0.15, -0.1) is 0 Å². The lowest BCUT2D eigenvalue weighted by atomic mass is 10.0. The molecule has 0 radical (unpaired) electrons. The van der Waals surface area contributed by atoms with Gasteiger partial charge in [-0.2, -0.15) is 15.0 Å². The minimum absolute atomic E-state index is 0.0258. The van der Waals surface area contributed by atoms with Crippen molar-refractivity contribution < 1.29 is 15.1 Å². The van der Waals surface area contributed by atoms with Crippen molar-refractivity contribution in [2.45, 2.75) is 25.6 Å². The third kappa shape index (κ3) is 5.92. The van der Waals surface area contributed by atoms with Crippen molar-refractivity contribution in [3.05, 3.63) is 75.6 Å². The number of aliphatic hydroxyl groups is 2. The van der Waals surface area contributed by atoms with E-state index in [9.17, 15) is 20.3 Å². The van der Waals surface area contributed by atoms with Crippen molar-refractivity contribution in [3.8, 4) is 0 Å². The third-order valence-electron chi connectivity index (χ3n) is 4.55. The summed E-state index contributed by atoms with van der Waals surface area (Å²) >= 11 is 0. The number of rotatable bonds is 9. The molecule has 0 saturated carbocycles. The minimum atomic E-state index is -1.10. The molecular formula is C20H23N7O4. The molecule has 31 heavy (non-hydrogen) atoms. The van der Waals surface area contributed by atoms with Crippen LogP contribution in [0.3, 0.4) is 0 Å². The van der Waals surface area contributed by atoms with Crippen LogP contribution in [0.2, 0.25) is 0 Å². The number of anilines is 3. The maximum absolute atomic E-state index is 10.8. The molecule has 2 atom stereocenters. The monoisotopic (exact) mass is 425 g/mol. The van der Waals surface area contributed by atoms with E-state index in [-0.39, 0.29) is 30.7 Å². The Hall–Kier alpha value is -3.67. The van der Waals surface area contributed by atoms with E-state index >= 15 is 0 Å². The fourth-order valence-corrected chi connectivity index (χ4v) is 2.86. The predicted octanol–water partition coefficient (Wildman–Crippen LogP) is 1.60. The highest BCUT2D eigenvalue weighted by Gasteiger charge is 2.21. The van der Waals surface area contributed by atoms with Crippen LogP contribution in [-0.4, -0.2) is 42.7 Å². The second-order valence-electron chi connectivity index (χ2n) is 6.89. The average Bonchev–Trinajstić information content (AvgIpc) is 2.75. The van der Waals surface area contributed by atoms with E-state index in [1.165, 1.54) is 24.3 Å². The fraction of sp³-hybridized carbons (Fsp3) is 0.250. The number of nitrogens with one attached hydrogen (secondary N) is 2. The molecule has 6 N–H and O–H groups in total. The fourth-order valence-electron chi connectivity index (χ4n) is 2.86. The van der Waals surface area contributed by atoms with Crippen molar-refractivity contribution in [2.24, 2.45) is 0 Å². The third-order valence-corrected chi connectivity index (χ3v) is 4.55. The van der Waals surface area contributed by atoms with E-state index in [1.807, 2.05) is 31.2 Å². The molecule has 1 heterocycles. The highest BCUT2D eigenvalue weighted by atomic mass is 16.6. The van der Waals surface area contributed by atoms with Crippen LogP contribution < -0.4 is 16.4 Å². The van der Waals surface area contributed by atoms with Crippen LogP contribution in [-0.2, 0) is 6.54 Å². The van der Waals surface area contributed by atoms with Gasteiger partial charge >= 0.3 is 0 Å². The summed E-state index contributed by atoms with van der Waals surface area (Å²) in [5.41, 5.74) is 8.03. The van der Waals surface area contributed by atoms with Crippen molar-refractivity contribution >= 4 is 23.3 Å². The van der Waals surface area contributed by atoms with E-state index in [1.54, 1.807) is 0 Å². The normalized spacial score (nSPS) is 12.9. The number of nitrogen functional groups attached to an aromatic ring is 1. The zero-order valence-electron chi connectivity index (χ0n) is 16.8. The van der Waals surface area contributed by atoms with Crippen LogP contribution in [0, 0.1) is 17.0 Å². The number of non-ortho nitro benzene ring substituents is 1. The Bertz CT molecular complexity index is 1030. The van der Waals surface area contributed by atoms with Crippen molar-refractivity contribution in [2.75, 3.05) is 17.7 Å². The Labute approximate surface area is 178 Å². The number of hydrogen-bond donors (Lipinski definition) is 5. The largest absolute Gasteiger partial charge is 0.395 e. The first kappa shape index (κ1) is 22.0. The Kier molecular flexibility index (Phi) is 7.03. The quantitative estimate of drug-likeness (QED) is 0.250. The molecular weight excluding hydrogens is 402 g/mol. The van der Waals surface area contributed by atoms with E-state index in [0.717, 1.165) is 11.3 Å². The first-order chi connectivity index (χ1) is 14.9. The molecule has 162 valence electrons. The van der Waals surface area contributed by atoms with Gasteiger partial charge in [-0.25, -0.2) is 0 Å². The number of hydrogen-bond acceptors (Lipinski definition) is 10. The summed E-state index contributed by atoms with van der Waals surface area (Å²) in [4.78, 5) is 22.7. The number of nitrogens with zero attached hydrogens (tertiary/aromatic N) is 4. The van der Waals surface area contributed by atoms with Crippen LogP contribution in [0.25, 0.3) is 0 Å². The zero-order chi connectivity index (χ0) is 22.4. The molecule has 3 aromatic rings. The van der Waals surface area contributed by atoms with Gasteiger partial charge in [0.2, 0.25) is 11.9 Å². The first-order valence-electron chi connectivity index (χ1n) is 9.46. The van der Waals surface area contributed by atoms with Gasteiger partial charge in [0.25, 0.3) is 5.69 Å². The Morgan fingerprint density at radius 2 is 1.77 bits per heavy atom. The van der Waals surface area contributed by atoms with E-state index in [0.29, 0.717) is 11.4 Å². The van der Waals surface area contributed by atoms with Gasteiger partial charge in [-0.1, -0.05) is 17.7 Å². The summed E-state index contributed by atoms with van der Waals surface area (Å²) in [7, 11) is 0.